The van der Waals surface area contributed by atoms with E-state index in [2.05, 4.69) is 55.8 Å². The maximum atomic E-state index is 4.41. The van der Waals surface area contributed by atoms with Gasteiger partial charge in [-0.25, -0.2) is 0 Å². The number of benzene rings is 1. The lowest BCUT2D eigenvalue weighted by Gasteiger charge is -2.10. The summed E-state index contributed by atoms with van der Waals surface area (Å²) < 4.78 is 1.08. The van der Waals surface area contributed by atoms with Crippen molar-refractivity contribution in [3.8, 4) is 11.3 Å². The molecule has 1 aromatic carbocycles. The lowest BCUT2D eigenvalue weighted by atomic mass is 10.1. The molecule has 1 atom stereocenters. The number of nitrogens with zero attached hydrogens (tertiary/aromatic N) is 1. The van der Waals surface area contributed by atoms with E-state index in [0.29, 0.717) is 6.04 Å². The fourth-order valence-corrected chi connectivity index (χ4v) is 2.83. The number of H-pyrrole nitrogens is 1. The fourth-order valence-electron chi connectivity index (χ4n) is 2.43. The molecule has 4 nitrogen and oxygen atoms in total. The van der Waals surface area contributed by atoms with E-state index < -0.39 is 0 Å². The van der Waals surface area contributed by atoms with Crippen molar-refractivity contribution < 1.29 is 0 Å². The maximum Gasteiger partial charge on any atom is 0.151 e. The topological polar surface area (TPSA) is 52.7 Å². The molecule has 1 fully saturated rings. The summed E-state index contributed by atoms with van der Waals surface area (Å²) in [6.45, 7) is 4.20. The molecule has 3 rings (SSSR count). The van der Waals surface area contributed by atoms with Gasteiger partial charge in [0.1, 0.15) is 0 Å². The third-order valence-electron chi connectivity index (χ3n) is 3.52. The molecule has 0 aliphatic carbocycles. The molecular formula is C14H17BrN4. The average molecular weight is 321 g/mol. The summed E-state index contributed by atoms with van der Waals surface area (Å²) in [6, 6.07) is 8.73. The van der Waals surface area contributed by atoms with Gasteiger partial charge in [-0.3, -0.25) is 5.10 Å². The zero-order valence-corrected chi connectivity index (χ0v) is 12.4. The highest BCUT2D eigenvalue weighted by atomic mass is 79.9. The van der Waals surface area contributed by atoms with Gasteiger partial charge in [-0.05, 0) is 32.0 Å². The number of rotatable bonds is 3. The van der Waals surface area contributed by atoms with E-state index in [1.165, 1.54) is 5.56 Å². The zero-order chi connectivity index (χ0) is 13.2. The van der Waals surface area contributed by atoms with Crippen molar-refractivity contribution >= 4 is 21.7 Å². The summed E-state index contributed by atoms with van der Waals surface area (Å²) >= 11 is 3.50. The second-order valence-electron chi connectivity index (χ2n) is 4.92. The van der Waals surface area contributed by atoms with Gasteiger partial charge in [0.2, 0.25) is 0 Å². The predicted octanol–water partition coefficient (Wildman–Crippen LogP) is 2.92. The van der Waals surface area contributed by atoms with Crippen LogP contribution in [-0.4, -0.2) is 29.3 Å². The second-order valence-corrected chi connectivity index (χ2v) is 5.83. The van der Waals surface area contributed by atoms with E-state index in [9.17, 15) is 0 Å². The van der Waals surface area contributed by atoms with Crippen LogP contribution in [0.25, 0.3) is 11.3 Å². The third-order valence-corrected chi connectivity index (χ3v) is 4.02. The summed E-state index contributed by atoms with van der Waals surface area (Å²) in [5.41, 5.74) is 3.40. The SMILES string of the molecule is Cc1c(NC2CCNC2)n[nH]c1-c1cccc(Br)c1. The Kier molecular flexibility index (Phi) is 3.57. The van der Waals surface area contributed by atoms with E-state index in [4.69, 9.17) is 0 Å². The van der Waals surface area contributed by atoms with Crippen LogP contribution >= 0.6 is 15.9 Å². The third kappa shape index (κ3) is 2.67. The van der Waals surface area contributed by atoms with Gasteiger partial charge in [0.15, 0.2) is 5.82 Å². The van der Waals surface area contributed by atoms with Crippen LogP contribution in [0.1, 0.15) is 12.0 Å². The monoisotopic (exact) mass is 320 g/mol. The molecular weight excluding hydrogens is 304 g/mol. The van der Waals surface area contributed by atoms with E-state index >= 15 is 0 Å². The average Bonchev–Trinajstić information content (AvgIpc) is 3.01. The number of anilines is 1. The van der Waals surface area contributed by atoms with Gasteiger partial charge >= 0.3 is 0 Å². The maximum absolute atomic E-state index is 4.41. The normalized spacial score (nSPS) is 18.7. The molecule has 0 bridgehead atoms. The Bertz CT molecular complexity index is 573. The largest absolute Gasteiger partial charge is 0.364 e. The highest BCUT2D eigenvalue weighted by Gasteiger charge is 2.17. The first-order valence-electron chi connectivity index (χ1n) is 6.52. The molecule has 2 heterocycles. The molecule has 1 aromatic heterocycles. The number of aromatic nitrogens is 2. The lowest BCUT2D eigenvalue weighted by Crippen LogP contribution is -2.22. The predicted molar refractivity (Wildman–Crippen MR) is 81.4 cm³/mol. The van der Waals surface area contributed by atoms with Crippen LogP contribution in [0.5, 0.6) is 0 Å². The van der Waals surface area contributed by atoms with Gasteiger partial charge in [-0.15, -0.1) is 0 Å². The highest BCUT2D eigenvalue weighted by molar-refractivity contribution is 9.10. The number of halogens is 1. The summed E-state index contributed by atoms with van der Waals surface area (Å²) in [5, 5.41) is 14.4. The minimum Gasteiger partial charge on any atom is -0.364 e. The molecule has 2 aromatic rings. The number of hydrogen-bond donors (Lipinski definition) is 3. The van der Waals surface area contributed by atoms with Crippen molar-refractivity contribution in [1.82, 2.24) is 15.5 Å². The first kappa shape index (κ1) is 12.7. The van der Waals surface area contributed by atoms with Crippen LogP contribution < -0.4 is 10.6 Å². The molecule has 0 saturated carbocycles. The molecule has 1 aliphatic rings. The van der Waals surface area contributed by atoms with Crippen molar-refractivity contribution in [2.75, 3.05) is 18.4 Å². The van der Waals surface area contributed by atoms with Crippen molar-refractivity contribution in [1.29, 1.82) is 0 Å². The van der Waals surface area contributed by atoms with Crippen molar-refractivity contribution in [3.05, 3.63) is 34.3 Å². The smallest absolute Gasteiger partial charge is 0.151 e. The van der Waals surface area contributed by atoms with Gasteiger partial charge in [0.25, 0.3) is 0 Å². The Morgan fingerprint density at radius 1 is 1.42 bits per heavy atom. The molecule has 1 aliphatic heterocycles. The Morgan fingerprint density at radius 3 is 3.05 bits per heavy atom. The highest BCUT2D eigenvalue weighted by Crippen LogP contribution is 2.28. The van der Waals surface area contributed by atoms with Gasteiger partial charge in [-0.1, -0.05) is 28.1 Å². The van der Waals surface area contributed by atoms with Crippen molar-refractivity contribution in [2.45, 2.75) is 19.4 Å². The van der Waals surface area contributed by atoms with Gasteiger partial charge in [0, 0.05) is 28.2 Å². The molecule has 100 valence electrons. The molecule has 5 heteroatoms. The molecule has 1 unspecified atom stereocenters. The Balaban J connectivity index is 1.85. The number of hydrogen-bond acceptors (Lipinski definition) is 3. The van der Waals surface area contributed by atoms with E-state index in [1.807, 2.05) is 12.1 Å². The Morgan fingerprint density at radius 2 is 2.32 bits per heavy atom. The van der Waals surface area contributed by atoms with Crippen LogP contribution in [0, 0.1) is 6.92 Å². The van der Waals surface area contributed by atoms with Crippen LogP contribution in [0.3, 0.4) is 0 Å². The molecule has 19 heavy (non-hydrogen) atoms. The Hall–Kier alpha value is -1.33. The first-order valence-corrected chi connectivity index (χ1v) is 7.31. The molecule has 0 spiro atoms. The van der Waals surface area contributed by atoms with E-state index in [-0.39, 0.29) is 0 Å². The lowest BCUT2D eigenvalue weighted by molar-refractivity contribution is 0.785. The molecule has 1 saturated heterocycles. The number of aromatic amines is 1. The first-order chi connectivity index (χ1) is 9.24. The molecule has 0 amide bonds. The standard InChI is InChI=1S/C14H17BrN4/c1-9-13(10-3-2-4-11(15)7-10)18-19-14(9)17-12-5-6-16-8-12/h2-4,7,12,16H,5-6,8H2,1H3,(H2,17,18,19). The van der Waals surface area contributed by atoms with E-state index in [1.54, 1.807) is 0 Å². The molecule has 3 N–H and O–H groups in total. The second kappa shape index (κ2) is 5.35. The Labute approximate surface area is 121 Å². The van der Waals surface area contributed by atoms with Crippen molar-refractivity contribution in [3.63, 3.8) is 0 Å². The summed E-state index contributed by atoms with van der Waals surface area (Å²) in [6.07, 6.45) is 1.15. The summed E-state index contributed by atoms with van der Waals surface area (Å²) in [7, 11) is 0. The van der Waals surface area contributed by atoms with E-state index in [0.717, 1.165) is 41.1 Å². The van der Waals surface area contributed by atoms with Crippen molar-refractivity contribution in [2.24, 2.45) is 0 Å². The van der Waals surface area contributed by atoms with Crippen LogP contribution in [0.15, 0.2) is 28.7 Å². The zero-order valence-electron chi connectivity index (χ0n) is 10.8. The van der Waals surface area contributed by atoms with Gasteiger partial charge < -0.3 is 10.6 Å². The summed E-state index contributed by atoms with van der Waals surface area (Å²) in [5.74, 6) is 0.962. The fraction of sp³-hybridized carbons (Fsp3) is 0.357. The van der Waals surface area contributed by atoms with Crippen LogP contribution in [-0.2, 0) is 0 Å². The van der Waals surface area contributed by atoms with Crippen LogP contribution in [0.4, 0.5) is 5.82 Å². The van der Waals surface area contributed by atoms with Gasteiger partial charge in [-0.2, -0.15) is 5.10 Å². The quantitative estimate of drug-likeness (QED) is 0.815. The minimum atomic E-state index is 0.484. The number of nitrogens with one attached hydrogen (secondary N) is 3. The summed E-state index contributed by atoms with van der Waals surface area (Å²) in [4.78, 5) is 0. The van der Waals surface area contributed by atoms with Crippen LogP contribution in [0.2, 0.25) is 0 Å². The minimum absolute atomic E-state index is 0.484. The molecule has 0 radical (unpaired) electrons. The van der Waals surface area contributed by atoms with Gasteiger partial charge in [0.05, 0.1) is 5.69 Å².